The molecule has 2 aromatic rings. The van der Waals surface area contributed by atoms with Gasteiger partial charge in [0, 0.05) is 22.2 Å². The molecule has 1 N–H and O–H groups in total. The van der Waals surface area contributed by atoms with Crippen LogP contribution in [-0.4, -0.2) is 13.7 Å². The average Bonchev–Trinajstić information content (AvgIpc) is 2.55. The standard InChI is InChI=1S/C18H20BrCl2NO2/c1-3-6-22-10-12-7-15(19)18(17(8-12)23-2)24-11-13-4-5-14(20)9-16(13)21/h4-5,7-9,22H,3,6,10-11H2,1-2H3. The molecule has 0 bridgehead atoms. The van der Waals surface area contributed by atoms with Crippen molar-refractivity contribution in [1.82, 2.24) is 5.32 Å². The molecule has 130 valence electrons. The number of hydrogen-bond acceptors (Lipinski definition) is 3. The van der Waals surface area contributed by atoms with Crippen LogP contribution in [0.4, 0.5) is 0 Å². The van der Waals surface area contributed by atoms with Crippen LogP contribution in [0.2, 0.25) is 10.0 Å². The van der Waals surface area contributed by atoms with Crippen LogP contribution in [0.3, 0.4) is 0 Å². The summed E-state index contributed by atoms with van der Waals surface area (Å²) in [6, 6.07) is 9.36. The smallest absolute Gasteiger partial charge is 0.175 e. The first-order valence-electron chi connectivity index (χ1n) is 7.69. The van der Waals surface area contributed by atoms with Gasteiger partial charge in [0.05, 0.1) is 11.6 Å². The van der Waals surface area contributed by atoms with Gasteiger partial charge in [-0.05, 0) is 58.7 Å². The molecular weight excluding hydrogens is 413 g/mol. The van der Waals surface area contributed by atoms with E-state index in [0.29, 0.717) is 28.2 Å². The van der Waals surface area contributed by atoms with Gasteiger partial charge in [0.1, 0.15) is 6.61 Å². The third kappa shape index (κ3) is 5.28. The van der Waals surface area contributed by atoms with Gasteiger partial charge in [0.25, 0.3) is 0 Å². The SMILES string of the molecule is CCCNCc1cc(Br)c(OCc2ccc(Cl)cc2Cl)c(OC)c1. The molecule has 0 aliphatic heterocycles. The fraction of sp³-hybridized carbons (Fsp3) is 0.333. The van der Waals surface area contributed by atoms with Crippen molar-refractivity contribution in [2.24, 2.45) is 0 Å². The fourth-order valence-corrected chi connectivity index (χ4v) is 3.28. The molecule has 0 saturated heterocycles. The Hall–Kier alpha value is -0.940. The molecule has 2 aromatic carbocycles. The van der Waals surface area contributed by atoms with Gasteiger partial charge in [-0.1, -0.05) is 36.2 Å². The molecule has 3 nitrogen and oxygen atoms in total. The summed E-state index contributed by atoms with van der Waals surface area (Å²) in [7, 11) is 1.63. The first-order chi connectivity index (χ1) is 11.5. The highest BCUT2D eigenvalue weighted by atomic mass is 79.9. The van der Waals surface area contributed by atoms with Crippen molar-refractivity contribution < 1.29 is 9.47 Å². The van der Waals surface area contributed by atoms with E-state index in [2.05, 4.69) is 28.2 Å². The first kappa shape index (κ1) is 19.4. The van der Waals surface area contributed by atoms with Crippen molar-refractivity contribution >= 4 is 39.1 Å². The van der Waals surface area contributed by atoms with Crippen molar-refractivity contribution in [3.63, 3.8) is 0 Å². The zero-order chi connectivity index (χ0) is 17.5. The van der Waals surface area contributed by atoms with Crippen LogP contribution in [0.15, 0.2) is 34.8 Å². The number of methoxy groups -OCH3 is 1. The largest absolute Gasteiger partial charge is 0.493 e. The summed E-state index contributed by atoms with van der Waals surface area (Å²) in [6.45, 7) is 4.24. The first-order valence-corrected chi connectivity index (χ1v) is 9.24. The Bertz CT molecular complexity index is 695. The Morgan fingerprint density at radius 2 is 1.96 bits per heavy atom. The van der Waals surface area contributed by atoms with Crippen molar-refractivity contribution in [1.29, 1.82) is 0 Å². The van der Waals surface area contributed by atoms with Gasteiger partial charge in [-0.2, -0.15) is 0 Å². The molecular formula is C18H20BrCl2NO2. The molecule has 0 heterocycles. The summed E-state index contributed by atoms with van der Waals surface area (Å²) in [6.07, 6.45) is 1.10. The predicted octanol–water partition coefficient (Wildman–Crippen LogP) is 5.84. The van der Waals surface area contributed by atoms with E-state index in [1.165, 1.54) is 0 Å². The number of nitrogens with one attached hydrogen (secondary N) is 1. The molecule has 0 saturated carbocycles. The van der Waals surface area contributed by atoms with Crippen LogP contribution in [0.1, 0.15) is 24.5 Å². The molecule has 24 heavy (non-hydrogen) atoms. The van der Waals surface area contributed by atoms with Gasteiger partial charge in [-0.15, -0.1) is 0 Å². The van der Waals surface area contributed by atoms with E-state index in [0.717, 1.165) is 35.1 Å². The highest BCUT2D eigenvalue weighted by molar-refractivity contribution is 9.10. The Morgan fingerprint density at radius 1 is 1.17 bits per heavy atom. The maximum absolute atomic E-state index is 6.19. The van der Waals surface area contributed by atoms with Crippen molar-refractivity contribution in [3.05, 3.63) is 56.0 Å². The zero-order valence-electron chi connectivity index (χ0n) is 13.7. The van der Waals surface area contributed by atoms with Gasteiger partial charge in [0.2, 0.25) is 0 Å². The van der Waals surface area contributed by atoms with Crippen molar-refractivity contribution in [2.45, 2.75) is 26.5 Å². The van der Waals surface area contributed by atoms with Gasteiger partial charge in [0.15, 0.2) is 11.5 Å². The molecule has 0 atom stereocenters. The van der Waals surface area contributed by atoms with Crippen LogP contribution >= 0.6 is 39.1 Å². The van der Waals surface area contributed by atoms with Crippen LogP contribution < -0.4 is 14.8 Å². The number of benzene rings is 2. The van der Waals surface area contributed by atoms with E-state index in [4.69, 9.17) is 32.7 Å². The molecule has 2 rings (SSSR count). The second-order valence-corrected chi connectivity index (χ2v) is 7.01. The Balaban J connectivity index is 2.14. The second kappa shape index (κ2) is 9.52. The molecule has 0 aliphatic carbocycles. The Morgan fingerprint density at radius 3 is 2.62 bits per heavy atom. The van der Waals surface area contributed by atoms with Gasteiger partial charge >= 0.3 is 0 Å². The lowest BCUT2D eigenvalue weighted by atomic mass is 10.2. The summed E-state index contributed by atoms with van der Waals surface area (Å²) in [5, 5.41) is 4.56. The quantitative estimate of drug-likeness (QED) is 0.531. The molecule has 6 heteroatoms. The van der Waals surface area contributed by atoms with Crippen LogP contribution in [0.25, 0.3) is 0 Å². The molecule has 0 radical (unpaired) electrons. The predicted molar refractivity (Wildman–Crippen MR) is 103 cm³/mol. The van der Waals surface area contributed by atoms with E-state index >= 15 is 0 Å². The van der Waals surface area contributed by atoms with Crippen LogP contribution in [0, 0.1) is 0 Å². The van der Waals surface area contributed by atoms with E-state index in [1.807, 2.05) is 18.2 Å². The minimum atomic E-state index is 0.332. The van der Waals surface area contributed by atoms with Gasteiger partial charge in [-0.25, -0.2) is 0 Å². The fourth-order valence-electron chi connectivity index (χ4n) is 2.21. The molecule has 0 amide bonds. The molecule has 0 unspecified atom stereocenters. The number of rotatable bonds is 8. The maximum atomic E-state index is 6.19. The topological polar surface area (TPSA) is 30.5 Å². The summed E-state index contributed by atoms with van der Waals surface area (Å²) in [4.78, 5) is 0. The third-order valence-corrected chi connectivity index (χ3v) is 4.61. The molecule has 0 fully saturated rings. The summed E-state index contributed by atoms with van der Waals surface area (Å²) >= 11 is 15.7. The lowest BCUT2D eigenvalue weighted by Gasteiger charge is -2.15. The van der Waals surface area contributed by atoms with Crippen LogP contribution in [0.5, 0.6) is 11.5 Å². The van der Waals surface area contributed by atoms with Gasteiger partial charge < -0.3 is 14.8 Å². The molecule has 0 aliphatic rings. The molecule has 0 aromatic heterocycles. The van der Waals surface area contributed by atoms with Crippen molar-refractivity contribution in [3.8, 4) is 11.5 Å². The van der Waals surface area contributed by atoms with Gasteiger partial charge in [-0.3, -0.25) is 0 Å². The highest BCUT2D eigenvalue weighted by Crippen LogP contribution is 2.37. The van der Waals surface area contributed by atoms with Crippen molar-refractivity contribution in [2.75, 3.05) is 13.7 Å². The maximum Gasteiger partial charge on any atom is 0.175 e. The van der Waals surface area contributed by atoms with E-state index in [1.54, 1.807) is 19.2 Å². The number of ether oxygens (including phenoxy) is 2. The number of hydrogen-bond donors (Lipinski definition) is 1. The highest BCUT2D eigenvalue weighted by Gasteiger charge is 2.13. The lowest BCUT2D eigenvalue weighted by Crippen LogP contribution is -2.14. The monoisotopic (exact) mass is 431 g/mol. The van der Waals surface area contributed by atoms with E-state index in [-0.39, 0.29) is 0 Å². The lowest BCUT2D eigenvalue weighted by molar-refractivity contribution is 0.282. The Kier molecular flexibility index (Phi) is 7.69. The average molecular weight is 433 g/mol. The normalized spacial score (nSPS) is 10.7. The summed E-state index contributed by atoms with van der Waals surface area (Å²) in [5.74, 6) is 1.34. The summed E-state index contributed by atoms with van der Waals surface area (Å²) in [5.41, 5.74) is 1.99. The summed E-state index contributed by atoms with van der Waals surface area (Å²) < 4.78 is 12.2. The minimum absolute atomic E-state index is 0.332. The van der Waals surface area contributed by atoms with Crippen LogP contribution in [-0.2, 0) is 13.2 Å². The molecule has 0 spiro atoms. The van der Waals surface area contributed by atoms with E-state index in [9.17, 15) is 0 Å². The Labute approximate surface area is 161 Å². The second-order valence-electron chi connectivity index (χ2n) is 5.31. The van der Waals surface area contributed by atoms with E-state index < -0.39 is 0 Å². The number of halogens is 3. The minimum Gasteiger partial charge on any atom is -0.493 e. The zero-order valence-corrected chi connectivity index (χ0v) is 16.8. The third-order valence-electron chi connectivity index (χ3n) is 3.43.